The third kappa shape index (κ3) is 5.01. The van der Waals surface area contributed by atoms with Crippen LogP contribution in [0.4, 0.5) is 0 Å². The van der Waals surface area contributed by atoms with Gasteiger partial charge in [0.05, 0.1) is 6.61 Å². The summed E-state index contributed by atoms with van der Waals surface area (Å²) in [7, 11) is 0. The van der Waals surface area contributed by atoms with Crippen LogP contribution in [0.3, 0.4) is 0 Å². The fourth-order valence-corrected chi connectivity index (χ4v) is 2.06. The van der Waals surface area contributed by atoms with E-state index in [1.165, 1.54) is 22.8 Å². The fourth-order valence-electron chi connectivity index (χ4n) is 1.52. The van der Waals surface area contributed by atoms with Gasteiger partial charge in [-0.3, -0.25) is 0 Å². The Labute approximate surface area is 112 Å². The minimum atomic E-state index is 0.824. The molecule has 1 aromatic carbocycles. The molecule has 0 radical (unpaired) electrons. The van der Waals surface area contributed by atoms with Crippen molar-refractivity contribution in [3.63, 3.8) is 0 Å². The first-order chi connectivity index (χ1) is 7.88. The second-order valence-electron chi connectivity index (χ2n) is 3.70. The van der Waals surface area contributed by atoms with Crippen LogP contribution < -0.4 is 4.74 Å². The van der Waals surface area contributed by atoms with Crippen molar-refractivity contribution in [2.45, 2.75) is 25.7 Å². The van der Waals surface area contributed by atoms with Gasteiger partial charge in [0.2, 0.25) is 0 Å². The highest BCUT2D eigenvalue weighted by Gasteiger charge is 2.00. The Bertz CT molecular complexity index is 309. The van der Waals surface area contributed by atoms with Crippen molar-refractivity contribution >= 4 is 22.6 Å². The summed E-state index contributed by atoms with van der Waals surface area (Å²) in [6.45, 7) is 4.59. The molecule has 0 spiro atoms. The summed E-state index contributed by atoms with van der Waals surface area (Å²) >= 11 is 2.42. The average Bonchev–Trinajstić information content (AvgIpc) is 2.31. The number of benzene rings is 1. The first-order valence-electron chi connectivity index (χ1n) is 5.76. The summed E-state index contributed by atoms with van der Waals surface area (Å²) < 4.78 is 7.03. The third-order valence-corrected chi connectivity index (χ3v) is 3.14. The number of unbranched alkanes of at least 4 members (excludes halogenated alkanes) is 2. The fraction of sp³-hybridized carbons (Fsp3) is 0.429. The van der Waals surface area contributed by atoms with E-state index in [0.717, 1.165) is 25.2 Å². The number of allylic oxidation sites excluding steroid dienone is 1. The molecule has 0 fully saturated rings. The molecule has 1 aromatic rings. The molecule has 0 aromatic heterocycles. The van der Waals surface area contributed by atoms with Gasteiger partial charge in [-0.2, -0.15) is 0 Å². The minimum Gasteiger partial charge on any atom is -0.493 e. The molecule has 0 saturated carbocycles. The summed E-state index contributed by atoms with van der Waals surface area (Å²) in [5.74, 6) is 1.01. The van der Waals surface area contributed by atoms with E-state index in [1.807, 2.05) is 24.3 Å². The number of alkyl halides is 1. The van der Waals surface area contributed by atoms with Crippen LogP contribution >= 0.6 is 22.6 Å². The molecule has 1 rings (SSSR count). The zero-order valence-corrected chi connectivity index (χ0v) is 11.8. The van der Waals surface area contributed by atoms with Gasteiger partial charge in [-0.25, -0.2) is 0 Å². The van der Waals surface area contributed by atoms with E-state index in [-0.39, 0.29) is 0 Å². The lowest BCUT2D eigenvalue weighted by atomic mass is 10.1. The Morgan fingerprint density at radius 2 is 2.00 bits per heavy atom. The van der Waals surface area contributed by atoms with Crippen molar-refractivity contribution < 1.29 is 4.74 Å². The highest BCUT2D eigenvalue weighted by atomic mass is 127. The van der Waals surface area contributed by atoms with Gasteiger partial charge in [-0.1, -0.05) is 46.9 Å². The van der Waals surface area contributed by atoms with E-state index < -0.39 is 0 Å². The van der Waals surface area contributed by atoms with Crippen molar-refractivity contribution in [3.8, 4) is 5.75 Å². The Kier molecular flexibility index (Phi) is 7.30. The maximum Gasteiger partial charge on any atom is 0.122 e. The zero-order chi connectivity index (χ0) is 11.6. The van der Waals surface area contributed by atoms with Gasteiger partial charge in [-0.15, -0.1) is 6.58 Å². The topological polar surface area (TPSA) is 9.23 Å². The highest BCUT2D eigenvalue weighted by Crippen LogP contribution is 2.19. The normalized spacial score (nSPS) is 10.1. The molecular weight excluding hydrogens is 311 g/mol. The van der Waals surface area contributed by atoms with Crippen molar-refractivity contribution in [2.75, 3.05) is 11.0 Å². The second-order valence-corrected chi connectivity index (χ2v) is 4.78. The molecule has 0 N–H and O–H groups in total. The predicted molar refractivity (Wildman–Crippen MR) is 78.6 cm³/mol. The minimum absolute atomic E-state index is 0.824. The predicted octanol–water partition coefficient (Wildman–Crippen LogP) is 4.40. The molecule has 0 aliphatic heterocycles. The molecule has 16 heavy (non-hydrogen) atoms. The smallest absolute Gasteiger partial charge is 0.122 e. The molecule has 0 atom stereocenters. The second kappa shape index (κ2) is 8.62. The number of halogens is 1. The van der Waals surface area contributed by atoms with Gasteiger partial charge in [-0.05, 0) is 41.7 Å². The Balaban J connectivity index is 2.37. The molecule has 0 unspecified atom stereocenters. The van der Waals surface area contributed by atoms with Gasteiger partial charge >= 0.3 is 0 Å². The van der Waals surface area contributed by atoms with Crippen LogP contribution in [0.2, 0.25) is 0 Å². The van der Waals surface area contributed by atoms with Gasteiger partial charge in [0, 0.05) is 0 Å². The summed E-state index contributed by atoms with van der Waals surface area (Å²) in [6.07, 6.45) is 6.48. The van der Waals surface area contributed by atoms with E-state index in [4.69, 9.17) is 4.74 Å². The Morgan fingerprint density at radius 3 is 2.75 bits per heavy atom. The molecule has 1 nitrogen and oxygen atoms in total. The number of hydrogen-bond acceptors (Lipinski definition) is 1. The van der Waals surface area contributed by atoms with Crippen LogP contribution in [-0.4, -0.2) is 11.0 Å². The Hall–Kier alpha value is -0.510. The van der Waals surface area contributed by atoms with Crippen molar-refractivity contribution in [1.82, 2.24) is 0 Å². The summed E-state index contributed by atoms with van der Waals surface area (Å²) in [6, 6.07) is 8.20. The third-order valence-electron chi connectivity index (χ3n) is 2.37. The van der Waals surface area contributed by atoms with E-state index in [9.17, 15) is 0 Å². The van der Waals surface area contributed by atoms with E-state index in [2.05, 4.69) is 35.2 Å². The molecule has 0 heterocycles. The molecule has 0 bridgehead atoms. The molecular formula is C14H19IO. The molecule has 0 amide bonds. The van der Waals surface area contributed by atoms with Crippen LogP contribution in [0.25, 0.3) is 0 Å². The van der Waals surface area contributed by atoms with Crippen molar-refractivity contribution in [1.29, 1.82) is 0 Å². The zero-order valence-electron chi connectivity index (χ0n) is 9.62. The number of hydrogen-bond donors (Lipinski definition) is 0. The van der Waals surface area contributed by atoms with Gasteiger partial charge in [0.15, 0.2) is 0 Å². The van der Waals surface area contributed by atoms with E-state index in [1.54, 1.807) is 0 Å². The standard InChI is InChI=1S/C14H19IO/c1-2-8-13-9-4-5-10-14(13)16-12-7-3-6-11-15/h2,4-5,9-10H,1,3,6-8,11-12H2. The van der Waals surface area contributed by atoms with E-state index >= 15 is 0 Å². The van der Waals surface area contributed by atoms with Gasteiger partial charge in [0.25, 0.3) is 0 Å². The van der Waals surface area contributed by atoms with Crippen molar-refractivity contribution in [2.24, 2.45) is 0 Å². The molecule has 0 saturated heterocycles. The average molecular weight is 330 g/mol. The quantitative estimate of drug-likeness (QED) is 0.297. The van der Waals surface area contributed by atoms with Crippen LogP contribution in [0, 0.1) is 0 Å². The maximum absolute atomic E-state index is 5.79. The molecule has 0 aliphatic rings. The molecule has 88 valence electrons. The lowest BCUT2D eigenvalue weighted by molar-refractivity contribution is 0.304. The summed E-state index contributed by atoms with van der Waals surface area (Å²) in [5.41, 5.74) is 1.23. The van der Waals surface area contributed by atoms with Crippen molar-refractivity contribution in [3.05, 3.63) is 42.5 Å². The van der Waals surface area contributed by atoms with Gasteiger partial charge < -0.3 is 4.74 Å². The van der Waals surface area contributed by atoms with Crippen LogP contribution in [0.1, 0.15) is 24.8 Å². The summed E-state index contributed by atoms with van der Waals surface area (Å²) in [5, 5.41) is 0. The summed E-state index contributed by atoms with van der Waals surface area (Å²) in [4.78, 5) is 0. The highest BCUT2D eigenvalue weighted by molar-refractivity contribution is 14.1. The first kappa shape index (κ1) is 13.6. The SMILES string of the molecule is C=CCc1ccccc1OCCCCCI. The lowest BCUT2D eigenvalue weighted by Crippen LogP contribution is -2.00. The number of para-hydroxylation sites is 1. The monoisotopic (exact) mass is 330 g/mol. The molecule has 2 heteroatoms. The lowest BCUT2D eigenvalue weighted by Gasteiger charge is -2.09. The maximum atomic E-state index is 5.79. The van der Waals surface area contributed by atoms with Gasteiger partial charge in [0.1, 0.15) is 5.75 Å². The van der Waals surface area contributed by atoms with E-state index in [0.29, 0.717) is 0 Å². The molecule has 0 aliphatic carbocycles. The number of ether oxygens (including phenoxy) is 1. The largest absolute Gasteiger partial charge is 0.493 e. The van der Waals surface area contributed by atoms with Crippen LogP contribution in [0.5, 0.6) is 5.75 Å². The number of rotatable bonds is 8. The van der Waals surface area contributed by atoms with Crippen LogP contribution in [0.15, 0.2) is 36.9 Å². The Morgan fingerprint density at radius 1 is 1.19 bits per heavy atom. The first-order valence-corrected chi connectivity index (χ1v) is 7.28. The van der Waals surface area contributed by atoms with Crippen LogP contribution in [-0.2, 0) is 6.42 Å².